The van der Waals surface area contributed by atoms with E-state index in [0.29, 0.717) is 0 Å². The van der Waals surface area contributed by atoms with Gasteiger partial charge in [-0.3, -0.25) is 9.11 Å². The highest BCUT2D eigenvalue weighted by molar-refractivity contribution is 7.99. The molecule has 5 N–H and O–H groups in total. The number of benzene rings is 1. The molecule has 0 aliphatic carbocycles. The molecule has 0 spiro atoms. The zero-order valence-electron chi connectivity index (χ0n) is 22.8. The van der Waals surface area contributed by atoms with Crippen LogP contribution in [0.2, 0.25) is 0 Å². The second-order valence-electron chi connectivity index (χ2n) is 6.68. The van der Waals surface area contributed by atoms with E-state index in [4.69, 9.17) is 17.2 Å². The summed E-state index contributed by atoms with van der Waals surface area (Å²) in [6.45, 7) is 8.20. The SMILES string of the molecule is CC.CC.CS(=O)(=O)NCCNc1nc(Nc2cccc(S(=O)(=O)O)c2)nc(SCCCS(=O)(=O)O)n1.O=S(=O)=O. The van der Waals surface area contributed by atoms with Crippen LogP contribution in [-0.4, -0.2) is 92.8 Å². The van der Waals surface area contributed by atoms with Crippen molar-refractivity contribution in [3.05, 3.63) is 24.3 Å². The van der Waals surface area contributed by atoms with Crippen molar-refractivity contribution in [2.45, 2.75) is 44.2 Å². The minimum atomic E-state index is -4.42. The van der Waals surface area contributed by atoms with Crippen molar-refractivity contribution in [1.29, 1.82) is 0 Å². The number of rotatable bonds is 13. The van der Waals surface area contributed by atoms with Crippen LogP contribution in [0.3, 0.4) is 0 Å². The van der Waals surface area contributed by atoms with Crippen LogP contribution in [0.5, 0.6) is 0 Å². The van der Waals surface area contributed by atoms with Gasteiger partial charge < -0.3 is 10.6 Å². The van der Waals surface area contributed by atoms with Gasteiger partial charge in [-0.15, -0.1) is 12.6 Å². The molecule has 22 heteroatoms. The molecule has 0 unspecified atom stereocenters. The predicted molar refractivity (Wildman–Crippen MR) is 155 cm³/mol. The maximum atomic E-state index is 11.3. The zero-order chi connectivity index (χ0) is 32.3. The van der Waals surface area contributed by atoms with Gasteiger partial charge in [0.15, 0.2) is 5.16 Å². The topological polar surface area (TPSA) is 269 Å². The van der Waals surface area contributed by atoms with Gasteiger partial charge in [-0.05, 0) is 24.6 Å². The third-order valence-corrected chi connectivity index (χ3v) is 6.87. The molecular weight excluding hydrogens is 649 g/mol. The molecular formula is C19H34N6O11S5. The Morgan fingerprint density at radius 3 is 1.95 bits per heavy atom. The summed E-state index contributed by atoms with van der Waals surface area (Å²) >= 11 is 1.09. The average molecular weight is 683 g/mol. The third-order valence-electron chi connectivity index (χ3n) is 3.55. The minimum absolute atomic E-state index is 0.00772. The normalized spacial score (nSPS) is 10.9. The summed E-state index contributed by atoms with van der Waals surface area (Å²) in [6.07, 6.45) is 1.15. The van der Waals surface area contributed by atoms with E-state index >= 15 is 0 Å². The number of hydrogen-bond acceptors (Lipinski definition) is 15. The maximum Gasteiger partial charge on any atom is 0.425 e. The molecule has 41 heavy (non-hydrogen) atoms. The molecule has 0 amide bonds. The van der Waals surface area contributed by atoms with Crippen LogP contribution in [0, 0.1) is 0 Å². The second kappa shape index (κ2) is 20.4. The van der Waals surface area contributed by atoms with Gasteiger partial charge in [0.1, 0.15) is 0 Å². The van der Waals surface area contributed by atoms with Crippen LogP contribution in [0.1, 0.15) is 34.1 Å². The highest BCUT2D eigenvalue weighted by atomic mass is 32.2. The van der Waals surface area contributed by atoms with E-state index in [0.717, 1.165) is 18.0 Å². The van der Waals surface area contributed by atoms with Crippen LogP contribution < -0.4 is 15.4 Å². The van der Waals surface area contributed by atoms with Gasteiger partial charge in [0.2, 0.25) is 21.9 Å². The van der Waals surface area contributed by atoms with Gasteiger partial charge in [-0.1, -0.05) is 45.5 Å². The molecule has 0 fully saturated rings. The van der Waals surface area contributed by atoms with Crippen molar-refractivity contribution in [2.75, 3.05) is 41.5 Å². The van der Waals surface area contributed by atoms with Crippen molar-refractivity contribution in [2.24, 2.45) is 0 Å². The lowest BCUT2D eigenvalue weighted by Crippen LogP contribution is -2.28. The largest absolute Gasteiger partial charge is 0.425 e. The highest BCUT2D eigenvalue weighted by Crippen LogP contribution is 2.22. The fraction of sp³-hybridized carbons (Fsp3) is 0.526. The molecule has 0 aliphatic rings. The van der Waals surface area contributed by atoms with Crippen LogP contribution in [-0.2, 0) is 40.9 Å². The highest BCUT2D eigenvalue weighted by Gasteiger charge is 2.12. The lowest BCUT2D eigenvalue weighted by molar-refractivity contribution is 0.480. The van der Waals surface area contributed by atoms with Crippen LogP contribution in [0.25, 0.3) is 0 Å². The Balaban J connectivity index is 0. The smallest absolute Gasteiger partial charge is 0.353 e. The number of nitrogens with zero attached hydrogens (tertiary/aromatic N) is 3. The number of thioether (sulfide) groups is 1. The van der Waals surface area contributed by atoms with Crippen LogP contribution >= 0.6 is 11.8 Å². The quantitative estimate of drug-likeness (QED) is 0.113. The number of sulfonamides is 1. The summed E-state index contributed by atoms with van der Waals surface area (Å²) in [7, 11) is -15.0. The first kappa shape index (κ1) is 40.7. The Labute approximate surface area is 246 Å². The van der Waals surface area contributed by atoms with Gasteiger partial charge in [0, 0.05) is 24.5 Å². The van der Waals surface area contributed by atoms with Crippen LogP contribution in [0.15, 0.2) is 34.3 Å². The van der Waals surface area contributed by atoms with E-state index in [1.807, 2.05) is 27.7 Å². The van der Waals surface area contributed by atoms with Crippen LogP contribution in [0.4, 0.5) is 17.6 Å². The number of aromatic nitrogens is 3. The monoisotopic (exact) mass is 682 g/mol. The lowest BCUT2D eigenvalue weighted by Gasteiger charge is -2.11. The molecule has 0 radical (unpaired) electrons. The molecule has 0 saturated carbocycles. The van der Waals surface area contributed by atoms with Gasteiger partial charge in [0.25, 0.3) is 20.2 Å². The summed E-state index contributed by atoms with van der Waals surface area (Å²) in [5.41, 5.74) is 0.253. The van der Waals surface area contributed by atoms with Gasteiger partial charge in [-0.25, -0.2) is 13.1 Å². The maximum absolute atomic E-state index is 11.3. The average Bonchev–Trinajstić information content (AvgIpc) is 2.85. The van der Waals surface area contributed by atoms with E-state index in [1.165, 1.54) is 24.3 Å². The Hall–Kier alpha value is -2.47. The van der Waals surface area contributed by atoms with Crippen molar-refractivity contribution < 1.29 is 47.0 Å². The molecule has 2 rings (SSSR count). The molecule has 0 bridgehead atoms. The van der Waals surface area contributed by atoms with Crippen molar-refractivity contribution in [1.82, 2.24) is 19.7 Å². The van der Waals surface area contributed by atoms with E-state index in [9.17, 15) is 29.8 Å². The van der Waals surface area contributed by atoms with E-state index < -0.39 is 46.6 Å². The summed E-state index contributed by atoms with van der Waals surface area (Å²) in [4.78, 5) is 12.1. The van der Waals surface area contributed by atoms with E-state index in [-0.39, 0.29) is 52.9 Å². The molecule has 0 atom stereocenters. The fourth-order valence-corrected chi connectivity index (χ4v) is 4.70. The second-order valence-corrected chi connectivity index (χ2v) is 13.0. The molecule has 1 heterocycles. The first-order chi connectivity index (χ1) is 18.9. The summed E-state index contributed by atoms with van der Waals surface area (Å²) in [5, 5.41) is 5.80. The summed E-state index contributed by atoms with van der Waals surface area (Å²) in [6, 6.07) is 5.28. The van der Waals surface area contributed by atoms with Crippen molar-refractivity contribution >= 4 is 70.2 Å². The van der Waals surface area contributed by atoms with Gasteiger partial charge >= 0.3 is 10.6 Å². The predicted octanol–water partition coefficient (Wildman–Crippen LogP) is 1.24. The lowest BCUT2D eigenvalue weighted by atomic mass is 10.3. The molecule has 236 valence electrons. The van der Waals surface area contributed by atoms with Crippen molar-refractivity contribution in [3.63, 3.8) is 0 Å². The van der Waals surface area contributed by atoms with Crippen molar-refractivity contribution in [3.8, 4) is 0 Å². The zero-order valence-corrected chi connectivity index (χ0v) is 26.9. The molecule has 0 saturated heterocycles. The number of hydrogen-bond donors (Lipinski definition) is 5. The summed E-state index contributed by atoms with van der Waals surface area (Å²) in [5.74, 6) is -0.0865. The standard InChI is InChI=1S/C15H22N6O8S4.2C2H6.O3S/c1-31(22,23)17-7-6-16-13-19-14(18-11-4-2-5-12(10-11)33(27,28)29)21-15(20-13)30-8-3-9-32(24,25)26;2*1-2;1-4(2)3/h2,4-5,10,17H,3,6-9H2,1H3,(H,24,25,26)(H,27,28,29)(H2,16,18,19,20,21);2*1-2H3;. The minimum Gasteiger partial charge on any atom is -0.353 e. The summed E-state index contributed by atoms with van der Waals surface area (Å²) < 4.78 is 112. The molecule has 1 aromatic heterocycles. The first-order valence-corrected chi connectivity index (χ1v) is 18.5. The fourth-order valence-electron chi connectivity index (χ4n) is 2.23. The third kappa shape index (κ3) is 22.9. The number of nitrogens with one attached hydrogen (secondary N) is 3. The van der Waals surface area contributed by atoms with E-state index in [1.54, 1.807) is 0 Å². The number of anilines is 3. The molecule has 17 nitrogen and oxygen atoms in total. The van der Waals surface area contributed by atoms with Gasteiger partial charge in [-0.2, -0.15) is 31.8 Å². The Bertz CT molecular complexity index is 1440. The Kier molecular flexibility index (Phi) is 20.2. The first-order valence-electron chi connectivity index (χ1n) is 11.6. The van der Waals surface area contributed by atoms with Gasteiger partial charge in [0.05, 0.1) is 16.9 Å². The molecule has 1 aromatic carbocycles. The Morgan fingerprint density at radius 2 is 1.44 bits per heavy atom. The van der Waals surface area contributed by atoms with E-state index in [2.05, 4.69) is 30.3 Å². The molecule has 0 aliphatic heterocycles. The molecule has 2 aromatic rings. The Morgan fingerprint density at radius 1 is 0.878 bits per heavy atom.